The van der Waals surface area contributed by atoms with E-state index in [4.69, 9.17) is 19.4 Å². The molecule has 0 saturated carbocycles. The molecule has 10 nitrogen and oxygen atoms in total. The Bertz CT molecular complexity index is 1360. The van der Waals surface area contributed by atoms with Gasteiger partial charge in [0, 0.05) is 13.1 Å². The number of hydrogen-bond donors (Lipinski definition) is 1. The van der Waals surface area contributed by atoms with Gasteiger partial charge in [0.05, 0.1) is 43.5 Å². The van der Waals surface area contributed by atoms with Crippen molar-refractivity contribution < 1.29 is 18.3 Å². The number of aromatic nitrogens is 6. The van der Waals surface area contributed by atoms with E-state index in [1.165, 1.54) is 11.7 Å². The summed E-state index contributed by atoms with van der Waals surface area (Å²) in [6, 6.07) is 5.34. The maximum absolute atomic E-state index is 14.2. The maximum Gasteiger partial charge on any atom is 0.296 e. The van der Waals surface area contributed by atoms with Crippen LogP contribution in [-0.4, -0.2) is 75.8 Å². The highest BCUT2D eigenvalue weighted by atomic mass is 19.3. The van der Waals surface area contributed by atoms with Gasteiger partial charge in [0.15, 0.2) is 11.5 Å². The third kappa shape index (κ3) is 3.76. The quantitative estimate of drug-likeness (QED) is 0.462. The monoisotopic (exact) mass is 484 g/mol. The summed E-state index contributed by atoms with van der Waals surface area (Å²) in [6.07, 6.45) is 0.787. The lowest BCUT2D eigenvalue weighted by atomic mass is 10.1. The number of ether oxygens (including phenoxy) is 2. The molecule has 2 aliphatic heterocycles. The van der Waals surface area contributed by atoms with Gasteiger partial charge in [0.2, 0.25) is 5.95 Å². The summed E-state index contributed by atoms with van der Waals surface area (Å²) in [5, 5.41) is 8.85. The molecule has 0 bridgehead atoms. The number of anilines is 1. The Kier molecular flexibility index (Phi) is 5.69. The first-order chi connectivity index (χ1) is 17.2. The van der Waals surface area contributed by atoms with Crippen LogP contribution in [0.3, 0.4) is 0 Å². The van der Waals surface area contributed by atoms with Crippen LogP contribution in [0.1, 0.15) is 31.1 Å². The van der Waals surface area contributed by atoms with Crippen LogP contribution in [0.25, 0.3) is 28.0 Å². The number of nitrogens with zero attached hydrogens (tertiary/aromatic N) is 7. The molecular weight excluding hydrogens is 458 g/mol. The van der Waals surface area contributed by atoms with Gasteiger partial charge in [-0.25, -0.2) is 18.4 Å². The Morgan fingerprint density at radius 1 is 1.11 bits per heavy atom. The molecule has 0 aliphatic carbocycles. The lowest BCUT2D eigenvalue weighted by Gasteiger charge is -2.28. The summed E-state index contributed by atoms with van der Waals surface area (Å²) in [5.74, 6) is 0.793. The van der Waals surface area contributed by atoms with Crippen molar-refractivity contribution in [2.75, 3.05) is 51.4 Å². The summed E-state index contributed by atoms with van der Waals surface area (Å²) in [5.41, 5.74) is 1.43. The molecule has 0 spiro atoms. The Morgan fingerprint density at radius 2 is 1.91 bits per heavy atom. The molecule has 2 fully saturated rings. The van der Waals surface area contributed by atoms with Gasteiger partial charge >= 0.3 is 0 Å². The van der Waals surface area contributed by atoms with Crippen molar-refractivity contribution in [3.63, 3.8) is 0 Å². The fraction of sp³-hybridized carbons (Fsp3) is 0.478. The van der Waals surface area contributed by atoms with Crippen molar-refractivity contribution in [1.29, 1.82) is 0 Å². The number of nitrogens with one attached hydrogen (secondary N) is 1. The number of methoxy groups -OCH3 is 1. The first-order valence-corrected chi connectivity index (χ1v) is 11.8. The molecular formula is C23H26F2N8O2. The minimum Gasteiger partial charge on any atom is -0.494 e. The summed E-state index contributed by atoms with van der Waals surface area (Å²) >= 11 is 0. The zero-order valence-electron chi connectivity index (χ0n) is 19.3. The van der Waals surface area contributed by atoms with E-state index in [1.54, 1.807) is 24.4 Å². The zero-order valence-corrected chi connectivity index (χ0v) is 19.3. The SMILES string of the molecule is COc1cccc2c1nc(C(F)F)n2-c1nc(N2CCOCC2)c2cnn(C3CCNCC3)c2n1. The number of hydrogen-bond acceptors (Lipinski definition) is 8. The van der Waals surface area contributed by atoms with Crippen LogP contribution in [0, 0.1) is 0 Å². The van der Waals surface area contributed by atoms with Crippen LogP contribution in [0.15, 0.2) is 24.4 Å². The molecule has 0 atom stereocenters. The third-order valence-electron chi connectivity index (χ3n) is 6.68. The van der Waals surface area contributed by atoms with Crippen LogP contribution in [0.5, 0.6) is 5.75 Å². The fourth-order valence-corrected chi connectivity index (χ4v) is 4.95. The number of piperidine rings is 1. The molecule has 6 rings (SSSR count). The summed E-state index contributed by atoms with van der Waals surface area (Å²) in [7, 11) is 1.49. The minimum atomic E-state index is -2.83. The van der Waals surface area contributed by atoms with Crippen molar-refractivity contribution in [2.24, 2.45) is 0 Å². The predicted octanol–water partition coefficient (Wildman–Crippen LogP) is 2.87. The summed E-state index contributed by atoms with van der Waals surface area (Å²) in [6.45, 7) is 4.20. The molecule has 0 amide bonds. The van der Waals surface area contributed by atoms with Gasteiger partial charge in [0.25, 0.3) is 6.43 Å². The molecule has 5 heterocycles. The second-order valence-electron chi connectivity index (χ2n) is 8.69. The fourth-order valence-electron chi connectivity index (χ4n) is 4.95. The Morgan fingerprint density at radius 3 is 2.66 bits per heavy atom. The van der Waals surface area contributed by atoms with E-state index in [0.29, 0.717) is 54.6 Å². The standard InChI is InChI=1S/C23H26F2N8O2/c1-34-17-4-2-3-16-18(17)28-22(19(24)25)32(16)23-29-20(31-9-11-35-12-10-31)15-13-27-33(21(15)30-23)14-5-7-26-8-6-14/h2-4,13-14,19,26H,5-12H2,1H3. The van der Waals surface area contributed by atoms with E-state index in [9.17, 15) is 8.78 Å². The number of fused-ring (bicyclic) bond motifs is 2. The zero-order chi connectivity index (χ0) is 23.9. The van der Waals surface area contributed by atoms with Crippen molar-refractivity contribution in [3.8, 4) is 11.7 Å². The molecule has 184 valence electrons. The maximum atomic E-state index is 14.2. The average Bonchev–Trinajstić information content (AvgIpc) is 3.51. The smallest absolute Gasteiger partial charge is 0.296 e. The van der Waals surface area contributed by atoms with Gasteiger partial charge in [-0.15, -0.1) is 0 Å². The van der Waals surface area contributed by atoms with Gasteiger partial charge in [0.1, 0.15) is 17.1 Å². The number of morpholine rings is 1. The Balaban J connectivity index is 1.61. The molecule has 2 aliphatic rings. The van der Waals surface area contributed by atoms with Crippen molar-refractivity contribution in [2.45, 2.75) is 25.3 Å². The number of rotatable bonds is 5. The van der Waals surface area contributed by atoms with E-state index in [2.05, 4.69) is 20.3 Å². The average molecular weight is 485 g/mol. The number of alkyl halides is 2. The number of para-hydroxylation sites is 1. The second-order valence-corrected chi connectivity index (χ2v) is 8.69. The van der Waals surface area contributed by atoms with Gasteiger partial charge in [-0.05, 0) is 38.1 Å². The topological polar surface area (TPSA) is 95.1 Å². The normalized spacial score (nSPS) is 17.7. The molecule has 4 aromatic rings. The van der Waals surface area contributed by atoms with Crippen LogP contribution in [0.4, 0.5) is 14.6 Å². The van der Waals surface area contributed by atoms with Gasteiger partial charge < -0.3 is 19.7 Å². The highest BCUT2D eigenvalue weighted by molar-refractivity contribution is 5.89. The molecule has 1 aromatic carbocycles. The van der Waals surface area contributed by atoms with Crippen LogP contribution < -0.4 is 15.0 Å². The van der Waals surface area contributed by atoms with E-state index >= 15 is 0 Å². The molecule has 12 heteroatoms. The number of benzene rings is 1. The van der Waals surface area contributed by atoms with E-state index in [-0.39, 0.29) is 12.0 Å². The van der Waals surface area contributed by atoms with E-state index in [1.807, 2.05) is 4.68 Å². The number of halogens is 2. The van der Waals surface area contributed by atoms with Gasteiger partial charge in [-0.3, -0.25) is 4.57 Å². The summed E-state index contributed by atoms with van der Waals surface area (Å²) < 4.78 is 42.6. The predicted molar refractivity (Wildman–Crippen MR) is 126 cm³/mol. The molecule has 2 saturated heterocycles. The first kappa shape index (κ1) is 22.1. The van der Waals surface area contributed by atoms with Crippen LogP contribution in [-0.2, 0) is 4.74 Å². The number of imidazole rings is 1. The van der Waals surface area contributed by atoms with Crippen molar-refractivity contribution in [1.82, 2.24) is 34.6 Å². The lowest BCUT2D eigenvalue weighted by molar-refractivity contribution is 0.122. The molecule has 1 N–H and O–H groups in total. The Hall–Kier alpha value is -3.38. The van der Waals surface area contributed by atoms with Gasteiger partial charge in [-0.2, -0.15) is 15.1 Å². The van der Waals surface area contributed by atoms with Crippen LogP contribution >= 0.6 is 0 Å². The first-order valence-electron chi connectivity index (χ1n) is 11.8. The van der Waals surface area contributed by atoms with E-state index in [0.717, 1.165) is 31.3 Å². The molecule has 35 heavy (non-hydrogen) atoms. The van der Waals surface area contributed by atoms with Crippen LogP contribution in [0.2, 0.25) is 0 Å². The van der Waals surface area contributed by atoms with Crippen molar-refractivity contribution >= 4 is 27.9 Å². The molecule has 0 radical (unpaired) electrons. The van der Waals surface area contributed by atoms with Gasteiger partial charge in [-0.1, -0.05) is 6.07 Å². The second kappa shape index (κ2) is 9.00. The highest BCUT2D eigenvalue weighted by Gasteiger charge is 2.28. The van der Waals surface area contributed by atoms with Crippen molar-refractivity contribution in [3.05, 3.63) is 30.2 Å². The lowest BCUT2D eigenvalue weighted by Crippen LogP contribution is -2.37. The minimum absolute atomic E-state index is 0.140. The largest absolute Gasteiger partial charge is 0.494 e. The highest BCUT2D eigenvalue weighted by Crippen LogP contribution is 2.34. The Labute approximate surface area is 199 Å². The molecule has 0 unspecified atom stereocenters. The van der Waals surface area contributed by atoms with E-state index < -0.39 is 12.2 Å². The molecule has 3 aromatic heterocycles. The third-order valence-corrected chi connectivity index (χ3v) is 6.68. The summed E-state index contributed by atoms with van der Waals surface area (Å²) in [4.78, 5) is 16.0.